The molecule has 2 heterocycles. The van der Waals surface area contributed by atoms with Crippen molar-refractivity contribution in [3.05, 3.63) is 64.6 Å². The zero-order valence-electron chi connectivity index (χ0n) is 12.5. The molecule has 9 heteroatoms. The Labute approximate surface area is 154 Å². The number of anilines is 2. The molecule has 1 aromatic carbocycles. The standard InChI is InChI=1S/C16H11ClN2O4S2/c17-11-6-4-10(5-7-11)13-9-12(15(24-13)16(20)21)19(25(22)23)14-3-1-2-8-18-14/h1-9H,(H,20,21)(H,22,23). The van der Waals surface area contributed by atoms with Crippen LogP contribution in [0.15, 0.2) is 54.7 Å². The summed E-state index contributed by atoms with van der Waals surface area (Å²) in [5.41, 5.74) is 0.856. The van der Waals surface area contributed by atoms with Crippen molar-refractivity contribution >= 4 is 51.7 Å². The second-order valence-corrected chi connectivity index (χ2v) is 7.17. The fraction of sp³-hybridized carbons (Fsp3) is 0. The van der Waals surface area contributed by atoms with Crippen LogP contribution < -0.4 is 4.31 Å². The molecule has 1 atom stereocenters. The van der Waals surface area contributed by atoms with Gasteiger partial charge >= 0.3 is 5.97 Å². The molecular weight excluding hydrogens is 384 g/mol. The summed E-state index contributed by atoms with van der Waals surface area (Å²) in [5.74, 6) is -1.02. The highest BCUT2D eigenvalue weighted by molar-refractivity contribution is 7.81. The molecule has 0 aliphatic carbocycles. The van der Waals surface area contributed by atoms with E-state index in [1.54, 1.807) is 42.5 Å². The summed E-state index contributed by atoms with van der Waals surface area (Å²) >= 11 is 4.40. The van der Waals surface area contributed by atoms with Crippen LogP contribution in [0.4, 0.5) is 11.5 Å². The van der Waals surface area contributed by atoms with Crippen LogP contribution in [0.3, 0.4) is 0 Å². The number of hydrogen-bond donors (Lipinski definition) is 2. The van der Waals surface area contributed by atoms with Crippen molar-refractivity contribution in [2.45, 2.75) is 0 Å². The molecule has 0 saturated heterocycles. The van der Waals surface area contributed by atoms with Gasteiger partial charge in [-0.3, -0.25) is 4.55 Å². The van der Waals surface area contributed by atoms with Crippen LogP contribution in [0.25, 0.3) is 10.4 Å². The molecule has 1 unspecified atom stereocenters. The summed E-state index contributed by atoms with van der Waals surface area (Å²) in [7, 11) is 0. The van der Waals surface area contributed by atoms with Crippen LogP contribution >= 0.6 is 22.9 Å². The Bertz CT molecular complexity index is 929. The molecule has 0 saturated carbocycles. The predicted molar refractivity (Wildman–Crippen MR) is 98.9 cm³/mol. The van der Waals surface area contributed by atoms with Crippen LogP contribution in [0.1, 0.15) is 9.67 Å². The number of aromatic carboxylic acids is 1. The second-order valence-electron chi connectivity index (χ2n) is 4.85. The second kappa shape index (κ2) is 7.32. The van der Waals surface area contributed by atoms with Gasteiger partial charge in [-0.25, -0.2) is 18.3 Å². The zero-order chi connectivity index (χ0) is 18.0. The molecule has 0 amide bonds. The maximum Gasteiger partial charge on any atom is 0.348 e. The Kier molecular flexibility index (Phi) is 5.14. The third-order valence-corrected chi connectivity index (χ3v) is 5.38. The van der Waals surface area contributed by atoms with Crippen molar-refractivity contribution < 1.29 is 18.7 Å². The Morgan fingerprint density at radius 1 is 1.20 bits per heavy atom. The van der Waals surface area contributed by atoms with E-state index in [0.29, 0.717) is 9.90 Å². The number of thiophene rings is 1. The molecule has 0 radical (unpaired) electrons. The van der Waals surface area contributed by atoms with Gasteiger partial charge in [-0.2, -0.15) is 0 Å². The van der Waals surface area contributed by atoms with E-state index in [4.69, 9.17) is 11.6 Å². The van der Waals surface area contributed by atoms with Gasteiger partial charge in [0.25, 0.3) is 11.3 Å². The Morgan fingerprint density at radius 2 is 1.92 bits per heavy atom. The Morgan fingerprint density at radius 3 is 2.48 bits per heavy atom. The maximum atomic E-state index is 11.9. The fourth-order valence-corrected chi connectivity index (χ4v) is 3.95. The van der Waals surface area contributed by atoms with E-state index in [9.17, 15) is 18.7 Å². The quantitative estimate of drug-likeness (QED) is 0.624. The van der Waals surface area contributed by atoms with Gasteiger partial charge in [-0.15, -0.1) is 11.3 Å². The number of carboxylic acid groups (broad SMARTS) is 1. The molecule has 3 rings (SSSR count). The van der Waals surface area contributed by atoms with E-state index in [0.717, 1.165) is 21.2 Å². The molecule has 0 bridgehead atoms. The third-order valence-electron chi connectivity index (χ3n) is 3.27. The van der Waals surface area contributed by atoms with Crippen LogP contribution in [0.5, 0.6) is 0 Å². The van der Waals surface area contributed by atoms with Gasteiger partial charge in [-0.05, 0) is 35.9 Å². The summed E-state index contributed by atoms with van der Waals surface area (Å²) in [6.07, 6.45) is 1.46. The molecule has 0 aliphatic heterocycles. The molecule has 6 nitrogen and oxygen atoms in total. The highest BCUT2D eigenvalue weighted by atomic mass is 35.5. The van der Waals surface area contributed by atoms with Gasteiger partial charge in [0.2, 0.25) is 0 Å². The number of nitrogens with zero attached hydrogens (tertiary/aromatic N) is 2. The minimum absolute atomic E-state index is 0.0574. The first-order chi connectivity index (χ1) is 12.0. The summed E-state index contributed by atoms with van der Waals surface area (Å²) < 4.78 is 22.5. The van der Waals surface area contributed by atoms with Gasteiger partial charge in [0.05, 0.1) is 5.69 Å². The molecular formula is C16H11ClN2O4S2. The topological polar surface area (TPSA) is 90.7 Å². The number of carbonyl (C=O) groups is 1. The van der Waals surface area contributed by atoms with E-state index in [1.165, 1.54) is 12.3 Å². The van der Waals surface area contributed by atoms with Crippen molar-refractivity contribution in [2.75, 3.05) is 4.31 Å². The lowest BCUT2D eigenvalue weighted by Crippen LogP contribution is -2.21. The summed E-state index contributed by atoms with van der Waals surface area (Å²) in [5, 5.41) is 10.1. The van der Waals surface area contributed by atoms with Gasteiger partial charge in [-0.1, -0.05) is 29.8 Å². The van der Waals surface area contributed by atoms with Crippen molar-refractivity contribution in [3.8, 4) is 10.4 Å². The number of benzene rings is 1. The third kappa shape index (κ3) is 3.72. The molecule has 0 fully saturated rings. The minimum Gasteiger partial charge on any atom is -0.477 e. The van der Waals surface area contributed by atoms with Gasteiger partial charge in [0.1, 0.15) is 10.7 Å². The predicted octanol–water partition coefficient (Wildman–Crippen LogP) is 4.44. The molecule has 3 aromatic rings. The number of aromatic nitrogens is 1. The molecule has 2 N–H and O–H groups in total. The Balaban J connectivity index is 2.15. The first-order valence-electron chi connectivity index (χ1n) is 6.92. The first-order valence-corrected chi connectivity index (χ1v) is 9.18. The van der Waals surface area contributed by atoms with Crippen LogP contribution in [-0.2, 0) is 11.3 Å². The number of rotatable bonds is 5. The highest BCUT2D eigenvalue weighted by Crippen LogP contribution is 2.40. The normalized spacial score (nSPS) is 11.9. The average Bonchev–Trinajstić information content (AvgIpc) is 3.01. The van der Waals surface area contributed by atoms with E-state index in [-0.39, 0.29) is 16.4 Å². The van der Waals surface area contributed by atoms with Crippen molar-refractivity contribution in [3.63, 3.8) is 0 Å². The number of pyridine rings is 1. The smallest absolute Gasteiger partial charge is 0.348 e. The van der Waals surface area contributed by atoms with Crippen LogP contribution in [0.2, 0.25) is 5.02 Å². The van der Waals surface area contributed by atoms with Crippen molar-refractivity contribution in [2.24, 2.45) is 0 Å². The monoisotopic (exact) mass is 394 g/mol. The van der Waals surface area contributed by atoms with E-state index in [1.807, 2.05) is 0 Å². The van der Waals surface area contributed by atoms with E-state index in [2.05, 4.69) is 4.98 Å². The van der Waals surface area contributed by atoms with Crippen molar-refractivity contribution in [1.29, 1.82) is 0 Å². The first kappa shape index (κ1) is 17.6. The average molecular weight is 395 g/mol. The lowest BCUT2D eigenvalue weighted by atomic mass is 10.2. The van der Waals surface area contributed by atoms with Gasteiger partial charge in [0.15, 0.2) is 0 Å². The Hall–Kier alpha value is -2.26. The summed E-state index contributed by atoms with van der Waals surface area (Å²) in [4.78, 5) is 16.3. The lowest BCUT2D eigenvalue weighted by Gasteiger charge is -2.18. The SMILES string of the molecule is O=C(O)c1sc(-c2ccc(Cl)cc2)cc1N(c1ccccn1)S(=O)O. The molecule has 25 heavy (non-hydrogen) atoms. The largest absolute Gasteiger partial charge is 0.477 e. The summed E-state index contributed by atoms with van der Waals surface area (Å²) in [6, 6.07) is 13.3. The molecule has 2 aromatic heterocycles. The van der Waals surface area contributed by atoms with Gasteiger partial charge < -0.3 is 5.11 Å². The van der Waals surface area contributed by atoms with Crippen LogP contribution in [-0.4, -0.2) is 24.8 Å². The van der Waals surface area contributed by atoms with Gasteiger partial charge in [0, 0.05) is 16.1 Å². The number of carboxylic acids is 1. The molecule has 128 valence electrons. The minimum atomic E-state index is -2.49. The lowest BCUT2D eigenvalue weighted by molar-refractivity contribution is 0.0703. The maximum absolute atomic E-state index is 11.9. The van der Waals surface area contributed by atoms with Crippen molar-refractivity contribution in [1.82, 2.24) is 4.98 Å². The number of halogens is 1. The molecule has 0 aliphatic rings. The number of hydrogen-bond acceptors (Lipinski definition) is 4. The van der Waals surface area contributed by atoms with Crippen LogP contribution in [0, 0.1) is 0 Å². The van der Waals surface area contributed by atoms with E-state index >= 15 is 0 Å². The highest BCUT2D eigenvalue weighted by Gasteiger charge is 2.26. The summed E-state index contributed by atoms with van der Waals surface area (Å²) in [6.45, 7) is 0. The van der Waals surface area contributed by atoms with E-state index < -0.39 is 17.2 Å². The molecule has 0 spiro atoms. The zero-order valence-corrected chi connectivity index (χ0v) is 14.9. The fourth-order valence-electron chi connectivity index (χ4n) is 2.20.